The van der Waals surface area contributed by atoms with Gasteiger partial charge < -0.3 is 10.5 Å². The first-order valence-electron chi connectivity index (χ1n) is 6.61. The van der Waals surface area contributed by atoms with Gasteiger partial charge in [0, 0.05) is 10.0 Å². The normalized spacial score (nSPS) is 10.3. The molecule has 2 nitrogen and oxygen atoms in total. The highest BCUT2D eigenvalue weighted by atomic mass is 79.9. The maximum absolute atomic E-state index is 6.02. The van der Waals surface area contributed by atoms with Crippen molar-refractivity contribution >= 4 is 21.6 Å². The van der Waals surface area contributed by atoms with Crippen LogP contribution in [0.3, 0.4) is 0 Å². The van der Waals surface area contributed by atoms with Gasteiger partial charge in [0.1, 0.15) is 5.75 Å². The molecule has 2 N–H and O–H groups in total. The summed E-state index contributed by atoms with van der Waals surface area (Å²) in [5, 5.41) is 0. The van der Waals surface area contributed by atoms with Gasteiger partial charge in [-0.3, -0.25) is 0 Å². The number of rotatable bonds is 3. The van der Waals surface area contributed by atoms with Crippen LogP contribution in [0.5, 0.6) is 11.5 Å². The number of anilines is 1. The van der Waals surface area contributed by atoms with E-state index in [-0.39, 0.29) is 0 Å². The van der Waals surface area contributed by atoms with E-state index >= 15 is 0 Å². The lowest BCUT2D eigenvalue weighted by molar-refractivity contribution is 0.486. The maximum atomic E-state index is 6.02. The van der Waals surface area contributed by atoms with Crippen molar-refractivity contribution in [1.82, 2.24) is 0 Å². The highest BCUT2D eigenvalue weighted by Gasteiger charge is 2.08. The number of hydrogen-bond donors (Lipinski definition) is 1. The van der Waals surface area contributed by atoms with Gasteiger partial charge in [0.2, 0.25) is 0 Å². The zero-order chi connectivity index (χ0) is 14.7. The average Bonchev–Trinajstić information content (AvgIpc) is 2.52. The number of nitrogens with two attached hydrogens (primary N) is 1. The van der Waals surface area contributed by atoms with Gasteiger partial charge in [-0.2, -0.15) is 0 Å². The molecule has 0 radical (unpaired) electrons. The minimum absolute atomic E-state index is 0.612. The van der Waals surface area contributed by atoms with Crippen molar-refractivity contribution in [3.8, 4) is 22.6 Å². The predicted octanol–water partition coefficient (Wildman–Crippen LogP) is 5.49. The van der Waals surface area contributed by atoms with Crippen LogP contribution < -0.4 is 10.5 Å². The highest BCUT2D eigenvalue weighted by Crippen LogP contribution is 2.36. The second-order valence-corrected chi connectivity index (χ2v) is 5.56. The molecule has 3 aromatic carbocycles. The number of halogens is 1. The van der Waals surface area contributed by atoms with E-state index in [1.807, 2.05) is 60.7 Å². The Kier molecular flexibility index (Phi) is 3.93. The molecule has 21 heavy (non-hydrogen) atoms. The van der Waals surface area contributed by atoms with Gasteiger partial charge in [0.15, 0.2) is 5.75 Å². The number of benzene rings is 3. The Bertz CT molecular complexity index is 756. The van der Waals surface area contributed by atoms with Gasteiger partial charge in [0.25, 0.3) is 0 Å². The van der Waals surface area contributed by atoms with Crippen LogP contribution in [0.15, 0.2) is 77.3 Å². The van der Waals surface area contributed by atoms with E-state index in [9.17, 15) is 0 Å². The predicted molar refractivity (Wildman–Crippen MR) is 90.5 cm³/mol. The van der Waals surface area contributed by atoms with Crippen molar-refractivity contribution < 1.29 is 4.74 Å². The van der Waals surface area contributed by atoms with Crippen molar-refractivity contribution in [3.63, 3.8) is 0 Å². The van der Waals surface area contributed by atoms with Crippen LogP contribution in [0.1, 0.15) is 0 Å². The topological polar surface area (TPSA) is 35.2 Å². The first-order valence-corrected chi connectivity index (χ1v) is 7.40. The Morgan fingerprint density at radius 3 is 2.29 bits per heavy atom. The third-order valence-corrected chi connectivity index (χ3v) is 3.66. The summed E-state index contributed by atoms with van der Waals surface area (Å²) in [6.07, 6.45) is 0. The highest BCUT2D eigenvalue weighted by molar-refractivity contribution is 9.10. The third kappa shape index (κ3) is 3.09. The van der Waals surface area contributed by atoms with Crippen LogP contribution in [-0.2, 0) is 0 Å². The quantitative estimate of drug-likeness (QED) is 0.640. The molecule has 0 unspecified atom stereocenters. The van der Waals surface area contributed by atoms with Crippen molar-refractivity contribution in [2.24, 2.45) is 0 Å². The second kappa shape index (κ2) is 6.02. The standard InChI is InChI=1S/C18H14BrNO/c19-14-10-11-16(20)18(12-14)21-17-9-5-4-8-15(17)13-6-2-1-3-7-13/h1-12H,20H2. The molecule has 0 aliphatic heterocycles. The first-order chi connectivity index (χ1) is 10.2. The molecule has 0 amide bonds. The maximum Gasteiger partial charge on any atom is 0.151 e. The first kappa shape index (κ1) is 13.7. The Labute approximate surface area is 132 Å². The third-order valence-electron chi connectivity index (χ3n) is 3.17. The minimum atomic E-state index is 0.612. The summed E-state index contributed by atoms with van der Waals surface area (Å²) in [5.74, 6) is 1.43. The molecule has 0 saturated carbocycles. The van der Waals surface area contributed by atoms with Crippen LogP contribution in [0, 0.1) is 0 Å². The van der Waals surface area contributed by atoms with E-state index in [2.05, 4.69) is 28.1 Å². The molecule has 0 aliphatic carbocycles. The SMILES string of the molecule is Nc1ccc(Br)cc1Oc1ccccc1-c1ccccc1. The molecule has 0 heterocycles. The van der Waals surface area contributed by atoms with Crippen LogP contribution >= 0.6 is 15.9 Å². The average molecular weight is 340 g/mol. The molecule has 3 aromatic rings. The van der Waals surface area contributed by atoms with Crippen molar-refractivity contribution in [3.05, 3.63) is 77.3 Å². The fourth-order valence-corrected chi connectivity index (χ4v) is 2.47. The molecule has 104 valence electrons. The molecule has 0 fully saturated rings. The summed E-state index contributed by atoms with van der Waals surface area (Å²) in [6.45, 7) is 0. The minimum Gasteiger partial charge on any atom is -0.455 e. The van der Waals surface area contributed by atoms with Gasteiger partial charge in [-0.05, 0) is 29.8 Å². The number of ether oxygens (including phenoxy) is 1. The summed E-state index contributed by atoms with van der Waals surface area (Å²) >= 11 is 3.44. The van der Waals surface area contributed by atoms with Crippen LogP contribution in [-0.4, -0.2) is 0 Å². The zero-order valence-electron chi connectivity index (χ0n) is 11.3. The van der Waals surface area contributed by atoms with E-state index in [1.165, 1.54) is 0 Å². The summed E-state index contributed by atoms with van der Waals surface area (Å²) < 4.78 is 6.95. The molecule has 3 heteroatoms. The Morgan fingerprint density at radius 1 is 0.762 bits per heavy atom. The van der Waals surface area contributed by atoms with Gasteiger partial charge >= 0.3 is 0 Å². The van der Waals surface area contributed by atoms with Gasteiger partial charge in [-0.25, -0.2) is 0 Å². The summed E-state index contributed by atoms with van der Waals surface area (Å²) in [4.78, 5) is 0. The van der Waals surface area contributed by atoms with E-state index < -0.39 is 0 Å². The van der Waals surface area contributed by atoms with Gasteiger partial charge in [-0.15, -0.1) is 0 Å². The lowest BCUT2D eigenvalue weighted by Gasteiger charge is -2.13. The van der Waals surface area contributed by atoms with E-state index in [1.54, 1.807) is 0 Å². The Morgan fingerprint density at radius 2 is 1.48 bits per heavy atom. The molecule has 0 bridgehead atoms. The van der Waals surface area contributed by atoms with E-state index in [0.29, 0.717) is 11.4 Å². The fraction of sp³-hybridized carbons (Fsp3) is 0. The molecule has 0 atom stereocenters. The van der Waals surface area contributed by atoms with E-state index in [0.717, 1.165) is 21.3 Å². The largest absolute Gasteiger partial charge is 0.455 e. The van der Waals surface area contributed by atoms with Crippen molar-refractivity contribution in [2.75, 3.05) is 5.73 Å². The molecular formula is C18H14BrNO. The molecule has 0 aromatic heterocycles. The molecular weight excluding hydrogens is 326 g/mol. The zero-order valence-corrected chi connectivity index (χ0v) is 12.9. The van der Waals surface area contributed by atoms with Gasteiger partial charge in [0.05, 0.1) is 5.69 Å². The van der Waals surface area contributed by atoms with Crippen LogP contribution in [0.4, 0.5) is 5.69 Å². The monoisotopic (exact) mass is 339 g/mol. The number of nitrogen functional groups attached to an aromatic ring is 1. The molecule has 0 saturated heterocycles. The second-order valence-electron chi connectivity index (χ2n) is 4.65. The summed E-state index contributed by atoms with van der Waals surface area (Å²) in [7, 11) is 0. The van der Waals surface area contributed by atoms with E-state index in [4.69, 9.17) is 10.5 Å². The molecule has 0 spiro atoms. The lowest BCUT2D eigenvalue weighted by atomic mass is 10.0. The molecule has 0 aliphatic rings. The number of para-hydroxylation sites is 1. The van der Waals surface area contributed by atoms with Crippen molar-refractivity contribution in [2.45, 2.75) is 0 Å². The summed E-state index contributed by atoms with van der Waals surface area (Å²) in [5.41, 5.74) is 8.74. The lowest BCUT2D eigenvalue weighted by Crippen LogP contribution is -1.93. The van der Waals surface area contributed by atoms with Crippen molar-refractivity contribution in [1.29, 1.82) is 0 Å². The smallest absolute Gasteiger partial charge is 0.151 e. The molecule has 3 rings (SSSR count). The van der Waals surface area contributed by atoms with Gasteiger partial charge in [-0.1, -0.05) is 64.5 Å². The Balaban J connectivity index is 2.02. The van der Waals surface area contributed by atoms with Crippen LogP contribution in [0.2, 0.25) is 0 Å². The van der Waals surface area contributed by atoms with Crippen LogP contribution in [0.25, 0.3) is 11.1 Å². The number of hydrogen-bond acceptors (Lipinski definition) is 2. The Hall–Kier alpha value is -2.26. The fourth-order valence-electron chi connectivity index (χ4n) is 2.13. The summed E-state index contributed by atoms with van der Waals surface area (Å²) in [6, 6.07) is 23.7.